The Labute approximate surface area is 132 Å². The molecule has 6 heteroatoms. The van der Waals surface area contributed by atoms with Gasteiger partial charge in [-0.2, -0.15) is 8.78 Å². The highest BCUT2D eigenvalue weighted by Gasteiger charge is 2.15. The lowest BCUT2D eigenvalue weighted by molar-refractivity contribution is -0.0516. The summed E-state index contributed by atoms with van der Waals surface area (Å²) in [5, 5.41) is 0. The molecule has 0 amide bonds. The van der Waals surface area contributed by atoms with Gasteiger partial charge in [0, 0.05) is 0 Å². The Hall–Kier alpha value is -2.63. The van der Waals surface area contributed by atoms with Crippen LogP contribution in [0.15, 0.2) is 48.5 Å². The van der Waals surface area contributed by atoms with Crippen LogP contribution >= 0.6 is 0 Å². The Kier molecular flexibility index (Phi) is 5.91. The number of benzene rings is 2. The first-order valence-electron chi connectivity index (χ1n) is 7.03. The highest BCUT2D eigenvalue weighted by molar-refractivity contribution is 5.90. The van der Waals surface area contributed by atoms with Crippen LogP contribution in [0.4, 0.5) is 8.78 Å². The van der Waals surface area contributed by atoms with Crippen molar-refractivity contribution in [1.29, 1.82) is 0 Å². The second-order valence-corrected chi connectivity index (χ2v) is 4.53. The van der Waals surface area contributed by atoms with Gasteiger partial charge in [-0.1, -0.05) is 30.3 Å². The number of esters is 1. The molecule has 2 aromatic rings. The van der Waals surface area contributed by atoms with E-state index in [4.69, 9.17) is 9.47 Å². The predicted molar refractivity (Wildman–Crippen MR) is 79.8 cm³/mol. The maximum atomic E-state index is 12.6. The number of ether oxygens (including phenoxy) is 3. The lowest BCUT2D eigenvalue weighted by atomic mass is 10.2. The summed E-state index contributed by atoms with van der Waals surface area (Å²) in [6.45, 7) is -0.979. The monoisotopic (exact) mass is 322 g/mol. The van der Waals surface area contributed by atoms with E-state index in [9.17, 15) is 13.6 Å². The molecule has 0 aromatic heterocycles. The van der Waals surface area contributed by atoms with E-state index in [1.807, 2.05) is 30.3 Å². The zero-order chi connectivity index (χ0) is 16.7. The fraction of sp³-hybridized carbons (Fsp3) is 0.235. The van der Waals surface area contributed by atoms with Crippen molar-refractivity contribution in [3.05, 3.63) is 59.7 Å². The van der Waals surface area contributed by atoms with Crippen molar-refractivity contribution in [2.24, 2.45) is 0 Å². The standard InChI is InChI=1S/C17H16F2O4/c1-2-21-16(20)13-8-9-14(15(10-13)23-17(18)19)22-11-12-6-4-3-5-7-12/h3-10,17H,2,11H2,1H3. The lowest BCUT2D eigenvalue weighted by Gasteiger charge is -2.13. The van der Waals surface area contributed by atoms with Crippen LogP contribution in [-0.4, -0.2) is 19.2 Å². The summed E-state index contributed by atoms with van der Waals surface area (Å²) in [7, 11) is 0. The molecule has 0 aliphatic carbocycles. The largest absolute Gasteiger partial charge is 0.485 e. The molecule has 0 aliphatic rings. The molecule has 0 atom stereocenters. The highest BCUT2D eigenvalue weighted by Crippen LogP contribution is 2.31. The molecule has 0 heterocycles. The molecule has 122 valence electrons. The third kappa shape index (κ3) is 4.95. The van der Waals surface area contributed by atoms with Crippen LogP contribution in [0.5, 0.6) is 11.5 Å². The van der Waals surface area contributed by atoms with E-state index in [2.05, 4.69) is 4.74 Å². The molecule has 0 fully saturated rings. The molecular formula is C17H16F2O4. The molecule has 23 heavy (non-hydrogen) atoms. The van der Waals surface area contributed by atoms with E-state index >= 15 is 0 Å². The third-order valence-electron chi connectivity index (χ3n) is 2.91. The maximum absolute atomic E-state index is 12.6. The Morgan fingerprint density at radius 2 is 1.83 bits per heavy atom. The van der Waals surface area contributed by atoms with Gasteiger partial charge < -0.3 is 14.2 Å². The maximum Gasteiger partial charge on any atom is 0.387 e. The van der Waals surface area contributed by atoms with Crippen LogP contribution in [0, 0.1) is 0 Å². The first kappa shape index (κ1) is 16.7. The summed E-state index contributed by atoms with van der Waals surface area (Å²) in [6.07, 6.45) is 0. The van der Waals surface area contributed by atoms with Gasteiger partial charge >= 0.3 is 12.6 Å². The fourth-order valence-electron chi connectivity index (χ4n) is 1.89. The first-order valence-corrected chi connectivity index (χ1v) is 7.03. The minimum atomic E-state index is -3.02. The predicted octanol–water partition coefficient (Wildman–Crippen LogP) is 4.04. The van der Waals surface area contributed by atoms with E-state index < -0.39 is 12.6 Å². The SMILES string of the molecule is CCOC(=O)c1ccc(OCc2ccccc2)c(OC(F)F)c1. The number of hydrogen-bond donors (Lipinski definition) is 0. The summed E-state index contributed by atoms with van der Waals surface area (Å²) < 4.78 is 39.9. The van der Waals surface area contributed by atoms with Gasteiger partial charge in [-0.25, -0.2) is 4.79 Å². The van der Waals surface area contributed by atoms with Crippen LogP contribution < -0.4 is 9.47 Å². The number of alkyl halides is 2. The second-order valence-electron chi connectivity index (χ2n) is 4.53. The molecule has 4 nitrogen and oxygen atoms in total. The van der Waals surface area contributed by atoms with Crippen LogP contribution in [0.2, 0.25) is 0 Å². The van der Waals surface area contributed by atoms with Crippen molar-refractivity contribution in [3.63, 3.8) is 0 Å². The molecule has 0 N–H and O–H groups in total. The van der Waals surface area contributed by atoms with Gasteiger partial charge in [0.1, 0.15) is 6.61 Å². The topological polar surface area (TPSA) is 44.8 Å². The van der Waals surface area contributed by atoms with Gasteiger partial charge in [0.2, 0.25) is 0 Å². The van der Waals surface area contributed by atoms with Crippen molar-refractivity contribution in [2.45, 2.75) is 20.1 Å². The van der Waals surface area contributed by atoms with E-state index in [1.165, 1.54) is 18.2 Å². The minimum Gasteiger partial charge on any atom is -0.485 e. The zero-order valence-corrected chi connectivity index (χ0v) is 12.5. The van der Waals surface area contributed by atoms with Crippen LogP contribution in [0.3, 0.4) is 0 Å². The molecule has 0 spiro atoms. The average molecular weight is 322 g/mol. The Morgan fingerprint density at radius 1 is 1.09 bits per heavy atom. The Morgan fingerprint density at radius 3 is 2.48 bits per heavy atom. The normalized spacial score (nSPS) is 10.4. The van der Waals surface area contributed by atoms with E-state index in [0.29, 0.717) is 0 Å². The van der Waals surface area contributed by atoms with Crippen LogP contribution in [-0.2, 0) is 11.3 Å². The molecule has 2 aromatic carbocycles. The van der Waals surface area contributed by atoms with Gasteiger partial charge in [0.15, 0.2) is 11.5 Å². The van der Waals surface area contributed by atoms with Gasteiger partial charge in [-0.05, 0) is 30.7 Å². The van der Waals surface area contributed by atoms with Crippen LogP contribution in [0.25, 0.3) is 0 Å². The quantitative estimate of drug-likeness (QED) is 0.722. The summed E-state index contributed by atoms with van der Waals surface area (Å²) in [6, 6.07) is 13.3. The fourth-order valence-corrected chi connectivity index (χ4v) is 1.89. The van der Waals surface area contributed by atoms with Gasteiger partial charge in [-0.3, -0.25) is 0 Å². The second kappa shape index (κ2) is 8.12. The Bertz CT molecular complexity index is 644. The lowest BCUT2D eigenvalue weighted by Crippen LogP contribution is -2.08. The van der Waals surface area contributed by atoms with Gasteiger partial charge in [-0.15, -0.1) is 0 Å². The molecule has 0 bridgehead atoms. The number of halogens is 2. The number of carbonyl (C=O) groups excluding carboxylic acids is 1. The van der Waals surface area contributed by atoms with Gasteiger partial charge in [0.25, 0.3) is 0 Å². The van der Waals surface area contributed by atoms with Crippen LogP contribution in [0.1, 0.15) is 22.8 Å². The number of hydrogen-bond acceptors (Lipinski definition) is 4. The molecule has 0 saturated carbocycles. The van der Waals surface area contributed by atoms with Crippen molar-refractivity contribution < 1.29 is 27.8 Å². The molecule has 0 unspecified atom stereocenters. The minimum absolute atomic E-state index is 0.120. The summed E-state index contributed by atoms with van der Waals surface area (Å²) in [4.78, 5) is 11.7. The number of rotatable bonds is 7. The van der Waals surface area contributed by atoms with E-state index in [0.717, 1.165) is 5.56 Å². The summed E-state index contributed by atoms with van der Waals surface area (Å²) >= 11 is 0. The molecule has 0 radical (unpaired) electrons. The molecule has 2 rings (SSSR count). The summed E-state index contributed by atoms with van der Waals surface area (Å²) in [5.74, 6) is -0.690. The van der Waals surface area contributed by atoms with Gasteiger partial charge in [0.05, 0.1) is 12.2 Å². The van der Waals surface area contributed by atoms with Crippen molar-refractivity contribution >= 4 is 5.97 Å². The van der Waals surface area contributed by atoms with Crippen molar-refractivity contribution in [3.8, 4) is 11.5 Å². The average Bonchev–Trinajstić information content (AvgIpc) is 2.54. The number of carbonyl (C=O) groups is 1. The third-order valence-corrected chi connectivity index (χ3v) is 2.91. The summed E-state index contributed by atoms with van der Waals surface area (Å²) in [5.41, 5.74) is 1.000. The van der Waals surface area contributed by atoms with Crippen molar-refractivity contribution in [2.75, 3.05) is 6.61 Å². The highest BCUT2D eigenvalue weighted by atomic mass is 19.3. The van der Waals surface area contributed by atoms with E-state index in [1.54, 1.807) is 6.92 Å². The zero-order valence-electron chi connectivity index (χ0n) is 12.5. The molecule has 0 saturated heterocycles. The smallest absolute Gasteiger partial charge is 0.387 e. The Balaban J connectivity index is 2.18. The molecule has 0 aliphatic heterocycles. The first-order chi connectivity index (χ1) is 11.1. The molecular weight excluding hydrogens is 306 g/mol. The van der Waals surface area contributed by atoms with Crippen molar-refractivity contribution in [1.82, 2.24) is 0 Å². The van der Waals surface area contributed by atoms with E-state index in [-0.39, 0.29) is 30.3 Å².